The zero-order valence-electron chi connectivity index (χ0n) is 81.4. The molecule has 0 aliphatic rings. The Morgan fingerprint density at radius 2 is 0.450 bits per heavy atom. The van der Waals surface area contributed by atoms with Crippen LogP contribution in [0.15, 0.2) is 414 Å². The molecule has 0 fully saturated rings. The van der Waals surface area contributed by atoms with Gasteiger partial charge < -0.3 is 4.74 Å². The number of hydrogen-bond donors (Lipinski definition) is 0. The molecule has 0 saturated carbocycles. The Balaban J connectivity index is 0.000000166. The van der Waals surface area contributed by atoms with Crippen LogP contribution in [0.4, 0.5) is 28.4 Å². The van der Waals surface area contributed by atoms with Crippen LogP contribution in [0, 0.1) is 41.5 Å². The van der Waals surface area contributed by atoms with Crippen molar-refractivity contribution in [3.05, 3.63) is 553 Å². The topological polar surface area (TPSA) is 196 Å². The molecule has 0 aromatic heterocycles. The number of halogens is 10. The van der Waals surface area contributed by atoms with Gasteiger partial charge in [-0.05, 0) is 325 Å². The van der Waals surface area contributed by atoms with E-state index in [9.17, 15) is 42.1 Å². The van der Waals surface area contributed by atoms with E-state index in [1.807, 2.05) is 217 Å². The first-order chi connectivity index (χ1) is 71.0. The van der Waals surface area contributed by atoms with Crippen LogP contribution in [0.25, 0.3) is 30.4 Å². The standard InChI is InChI=1S/C29H25Cl2NO3S.C23H22ClNO2S.C22H19BrClNO2S.C22H18Cl3NO2S.C22H19Cl2NO2S/c1-22-6-2-9-25(16-22)21-35-29-13-5-12-28(19-29)32(20-24-8-4-11-27(31)18-24)36(33,34)15-14-23-7-3-10-26(30)17-23;1-18-6-3-9-21(14-18)17-25(23-11-4-7-19(2)15-23)28(26,27)13-12-20-8-5-10-22(24)16-20;1-17-5-2-10-22(13-17)25(16-19-7-3-8-20(23)14-19)28(26,27)12-11-18-6-4-9-21(24)15-18;1-16-4-2-7-20(12-16)26(15-18-8-9-21(24)22(25)14-18)29(27,28)11-10-17-5-3-6-19(23)13-17;1-17-5-2-10-22(13-17)25(16-19-7-4-9-21(24)15-19)28(26,27)12-11-18-6-3-8-20(23)14-18/h2-19H,20-21H2,1H3;3-16H,17H2,1-2H3;2-15H,16H2,1H3;2-14H,15H2,1H3;2-15H,16H2,1H3/b15-14+;13-12+;12-11+;11-10+;12-11+. The number of sulfonamides is 5. The van der Waals surface area contributed by atoms with Gasteiger partial charge in [0.05, 0.1) is 98.2 Å². The minimum Gasteiger partial charge on any atom is -0.489 e. The normalized spacial score (nSPS) is 11.7. The second-order valence-electron chi connectivity index (χ2n) is 34.3. The highest BCUT2D eigenvalue weighted by Gasteiger charge is 2.28. The highest BCUT2D eigenvalue weighted by atomic mass is 79.9. The second kappa shape index (κ2) is 55.1. The zero-order valence-corrected chi connectivity index (χ0v) is 93.9. The summed E-state index contributed by atoms with van der Waals surface area (Å²) in [4.78, 5) is 0. The van der Waals surface area contributed by atoms with E-state index in [-0.39, 0.29) is 32.7 Å². The second-order valence-corrected chi connectivity index (χ2v) is 47.8. The Bertz CT molecular complexity index is 7750. The molecule has 149 heavy (non-hydrogen) atoms. The summed E-state index contributed by atoms with van der Waals surface area (Å²) in [5, 5.41) is 10.7. The van der Waals surface area contributed by atoms with Crippen LogP contribution < -0.4 is 26.3 Å². The third kappa shape index (κ3) is 37.2. The molecular formula is C118H103BrCl9N5O11S5. The highest BCUT2D eigenvalue weighted by molar-refractivity contribution is 9.10. The summed E-state index contributed by atoms with van der Waals surface area (Å²) in [6.45, 7) is 13.0. The van der Waals surface area contributed by atoms with Crippen LogP contribution in [0.5, 0.6) is 5.75 Å². The number of nitrogens with zero attached hydrogens (tertiary/aromatic N) is 5. The van der Waals surface area contributed by atoms with Crippen molar-refractivity contribution in [3.63, 3.8) is 0 Å². The maximum atomic E-state index is 13.5. The van der Waals surface area contributed by atoms with Gasteiger partial charge in [0.15, 0.2) is 0 Å². The summed E-state index contributed by atoms with van der Waals surface area (Å²) < 4.78 is 146. The smallest absolute Gasteiger partial charge is 0.257 e. The summed E-state index contributed by atoms with van der Waals surface area (Å²) in [6, 6.07) is 115. The number of rotatable bonds is 33. The molecule has 0 aliphatic carbocycles. The summed E-state index contributed by atoms with van der Waals surface area (Å²) in [7, 11) is -18.8. The van der Waals surface area contributed by atoms with Gasteiger partial charge in [0.25, 0.3) is 50.1 Å². The van der Waals surface area contributed by atoms with E-state index in [1.54, 1.807) is 218 Å². The molecule has 0 aliphatic heterocycles. The van der Waals surface area contributed by atoms with Gasteiger partial charge in [-0.15, -0.1) is 0 Å². The molecule has 0 unspecified atom stereocenters. The SMILES string of the molecule is Cc1cccc(CN(c2cccc(C)c2)S(=O)(=O)/C=C/c2cccc(Cl)c2)c1.Cc1cccc(COc2cccc(N(Cc3cccc(Cl)c3)S(=O)(=O)/C=C/c3cccc(Cl)c3)c2)c1.Cc1cccc(N(Cc2ccc(Cl)c(Cl)c2)S(=O)(=O)/C=C/c2cccc(Cl)c2)c1.Cc1cccc(N(Cc2cccc(Br)c2)S(=O)(=O)/C=C/c2cccc(Cl)c2)c1.Cc1cccc(N(Cc2cccc(Cl)c2)S(=O)(=O)/C=C/c2cccc(Cl)c2)c1. The third-order valence-electron chi connectivity index (χ3n) is 22.1. The molecule has 0 heterocycles. The lowest BCUT2D eigenvalue weighted by Crippen LogP contribution is -2.28. The molecule has 0 spiro atoms. The number of benzene rings is 16. The average molecular weight is 2330 g/mol. The lowest BCUT2D eigenvalue weighted by atomic mass is 10.1. The van der Waals surface area contributed by atoms with Gasteiger partial charge in [0.2, 0.25) is 0 Å². The molecule has 16 aromatic rings. The number of hydrogen-bond acceptors (Lipinski definition) is 11. The van der Waals surface area contributed by atoms with Gasteiger partial charge in [0, 0.05) is 45.7 Å². The summed E-state index contributed by atoms with van der Waals surface area (Å²) >= 11 is 57.8. The Kier molecular flexibility index (Phi) is 42.7. The first-order valence-electron chi connectivity index (χ1n) is 46.1. The minimum absolute atomic E-state index is 0.101. The van der Waals surface area contributed by atoms with Crippen molar-refractivity contribution in [1.29, 1.82) is 0 Å². The molecule has 0 N–H and O–H groups in total. The van der Waals surface area contributed by atoms with Crippen molar-refractivity contribution in [2.24, 2.45) is 0 Å². The van der Waals surface area contributed by atoms with Crippen LogP contribution in [-0.2, 0) is 89.4 Å². The van der Waals surface area contributed by atoms with Crippen LogP contribution in [0.3, 0.4) is 0 Å². The van der Waals surface area contributed by atoms with E-state index in [1.165, 1.54) is 60.7 Å². The van der Waals surface area contributed by atoms with Crippen LogP contribution >= 0.6 is 120 Å². The van der Waals surface area contributed by atoms with Crippen molar-refractivity contribution in [1.82, 2.24) is 0 Å². The van der Waals surface area contributed by atoms with Gasteiger partial charge in [-0.1, -0.05) is 338 Å². The molecule has 31 heteroatoms. The highest BCUT2D eigenvalue weighted by Crippen LogP contribution is 2.35. The van der Waals surface area contributed by atoms with E-state index in [0.29, 0.717) is 103 Å². The Morgan fingerprint density at radius 3 is 0.725 bits per heavy atom. The fourth-order valence-corrected chi connectivity index (χ4v) is 23.1. The van der Waals surface area contributed by atoms with Gasteiger partial charge in [0.1, 0.15) is 12.4 Å². The van der Waals surface area contributed by atoms with Crippen molar-refractivity contribution in [2.45, 2.75) is 80.9 Å². The molecule has 16 nitrogen and oxygen atoms in total. The van der Waals surface area contributed by atoms with Crippen LogP contribution in [-0.4, -0.2) is 42.1 Å². The van der Waals surface area contributed by atoms with Crippen LogP contribution in [0.1, 0.15) is 94.6 Å². The fourth-order valence-electron chi connectivity index (χ4n) is 14.9. The van der Waals surface area contributed by atoms with Crippen molar-refractivity contribution >= 4 is 229 Å². The number of ether oxygens (including phenoxy) is 1. The van der Waals surface area contributed by atoms with Gasteiger partial charge in [-0.2, -0.15) is 0 Å². The average Bonchev–Trinajstić information content (AvgIpc) is 0.821. The molecular weight excluding hydrogens is 2220 g/mol. The minimum atomic E-state index is -3.88. The first-order valence-corrected chi connectivity index (χ1v) is 57.8. The number of aryl methyl sites for hydroxylation is 6. The van der Waals surface area contributed by atoms with Gasteiger partial charge in [-0.25, -0.2) is 42.1 Å². The maximum absolute atomic E-state index is 13.5. The van der Waals surface area contributed by atoms with E-state index < -0.39 is 50.1 Å². The molecule has 16 rings (SSSR count). The monoisotopic (exact) mass is 2320 g/mol. The van der Waals surface area contributed by atoms with Gasteiger partial charge >= 0.3 is 0 Å². The van der Waals surface area contributed by atoms with E-state index >= 15 is 0 Å². The lowest BCUT2D eigenvalue weighted by Gasteiger charge is -2.23. The lowest BCUT2D eigenvalue weighted by molar-refractivity contribution is 0.306. The van der Waals surface area contributed by atoms with E-state index in [2.05, 4.69) is 22.0 Å². The summed E-state index contributed by atoms with van der Waals surface area (Å²) in [5.74, 6) is 0.569. The molecule has 0 saturated heterocycles. The summed E-state index contributed by atoms with van der Waals surface area (Å²) in [5.41, 5.74) is 17.7. The van der Waals surface area contributed by atoms with Crippen molar-refractivity contribution in [2.75, 3.05) is 21.5 Å². The summed E-state index contributed by atoms with van der Waals surface area (Å²) in [6.07, 6.45) is 7.73. The molecule has 0 radical (unpaired) electrons. The van der Waals surface area contributed by atoms with E-state index in [4.69, 9.17) is 109 Å². The molecule has 766 valence electrons. The largest absolute Gasteiger partial charge is 0.489 e. The van der Waals surface area contributed by atoms with Gasteiger partial charge in [-0.3, -0.25) is 21.5 Å². The molecule has 0 bridgehead atoms. The molecule has 16 aromatic carbocycles. The predicted octanol–water partition coefficient (Wildman–Crippen LogP) is 33.5. The maximum Gasteiger partial charge on any atom is 0.257 e. The van der Waals surface area contributed by atoms with Crippen molar-refractivity contribution < 1.29 is 46.8 Å². The Morgan fingerprint density at radius 1 is 0.221 bits per heavy atom. The Labute approximate surface area is 928 Å². The predicted molar refractivity (Wildman–Crippen MR) is 629 cm³/mol. The fraction of sp³-hybridized carbons (Fsp3) is 0.102. The molecule has 0 atom stereocenters. The molecule has 0 amide bonds. The number of anilines is 5. The zero-order chi connectivity index (χ0) is 107. The first kappa shape index (κ1) is 116. The van der Waals surface area contributed by atoms with E-state index in [0.717, 1.165) is 82.4 Å². The quantitative estimate of drug-likeness (QED) is 0.0379. The third-order valence-corrected chi connectivity index (χ3v) is 32.1. The van der Waals surface area contributed by atoms with Crippen LogP contribution in [0.2, 0.25) is 45.2 Å². The van der Waals surface area contributed by atoms with Crippen molar-refractivity contribution in [3.8, 4) is 5.75 Å². The Hall–Kier alpha value is -12.1.